The van der Waals surface area contributed by atoms with Gasteiger partial charge in [-0.05, 0) is 24.6 Å². The maximum atomic E-state index is 13.7. The second-order valence-electron chi connectivity index (χ2n) is 11.1. The van der Waals surface area contributed by atoms with Gasteiger partial charge in [-0.15, -0.1) is 0 Å². The predicted octanol–water partition coefficient (Wildman–Crippen LogP) is 6.37. The summed E-state index contributed by atoms with van der Waals surface area (Å²) in [5, 5.41) is 20.6. The largest absolute Gasteiger partial charge is 0.481 e. The molecular formula is C33H29Cl2F3N6O4. The smallest absolute Gasteiger partial charge is 0.433 e. The van der Waals surface area contributed by atoms with Crippen molar-refractivity contribution in [1.29, 1.82) is 0 Å². The molecule has 2 atom stereocenters. The van der Waals surface area contributed by atoms with Crippen molar-refractivity contribution in [2.45, 2.75) is 31.3 Å². The summed E-state index contributed by atoms with van der Waals surface area (Å²) in [6.07, 6.45) is -3.53. The normalized spacial score (nSPS) is 16.7. The van der Waals surface area contributed by atoms with Gasteiger partial charge < -0.3 is 25.2 Å². The number of alkyl halides is 3. The zero-order valence-corrected chi connectivity index (χ0v) is 27.1. The lowest BCUT2D eigenvalue weighted by Crippen LogP contribution is -2.46. The summed E-state index contributed by atoms with van der Waals surface area (Å²) in [5.74, 6) is 0.0633. The Hall–Kier alpha value is -4.27. The number of hydrogen-bond donors (Lipinski definition) is 3. The monoisotopic (exact) mass is 700 g/mol. The van der Waals surface area contributed by atoms with Crippen molar-refractivity contribution >= 4 is 45.5 Å². The molecule has 4 heterocycles. The first kappa shape index (κ1) is 33.6. The van der Waals surface area contributed by atoms with Gasteiger partial charge in [-0.3, -0.25) is 4.79 Å². The van der Waals surface area contributed by atoms with Crippen molar-refractivity contribution in [3.05, 3.63) is 92.5 Å². The molecule has 2 aromatic carbocycles. The molecule has 5 aromatic rings. The van der Waals surface area contributed by atoms with Crippen LogP contribution in [0.5, 0.6) is 5.88 Å². The minimum Gasteiger partial charge on any atom is -0.481 e. The number of benzene rings is 2. The van der Waals surface area contributed by atoms with Crippen LogP contribution in [0.1, 0.15) is 17.7 Å². The number of aromatic nitrogens is 4. The third-order valence-corrected chi connectivity index (χ3v) is 8.86. The van der Waals surface area contributed by atoms with E-state index in [0.717, 1.165) is 16.3 Å². The number of aryl methyl sites for hydroxylation is 1. The number of ether oxygens (including phenoxy) is 2. The molecule has 0 spiro atoms. The van der Waals surface area contributed by atoms with Crippen LogP contribution >= 0.6 is 23.2 Å². The molecule has 0 unspecified atom stereocenters. The van der Waals surface area contributed by atoms with Crippen molar-refractivity contribution in [2.24, 2.45) is 7.05 Å². The fourth-order valence-corrected chi connectivity index (χ4v) is 6.12. The molecule has 3 aromatic heterocycles. The van der Waals surface area contributed by atoms with E-state index >= 15 is 0 Å². The van der Waals surface area contributed by atoms with E-state index < -0.39 is 23.5 Å². The molecule has 3 N–H and O–H groups in total. The van der Waals surface area contributed by atoms with E-state index in [1.165, 1.54) is 20.4 Å². The average Bonchev–Trinajstić information content (AvgIpc) is 3.06. The van der Waals surface area contributed by atoms with Gasteiger partial charge in [-0.25, -0.2) is 14.6 Å². The summed E-state index contributed by atoms with van der Waals surface area (Å²) in [6, 6.07) is 14.6. The Balaban J connectivity index is 1.34. The highest BCUT2D eigenvalue weighted by Gasteiger charge is 2.34. The van der Waals surface area contributed by atoms with Crippen LogP contribution in [0.3, 0.4) is 0 Å². The molecule has 0 radical (unpaired) electrons. The Kier molecular flexibility index (Phi) is 9.59. The molecule has 1 saturated heterocycles. The summed E-state index contributed by atoms with van der Waals surface area (Å²) in [5.41, 5.74) is 1.29. The van der Waals surface area contributed by atoms with Crippen molar-refractivity contribution in [3.8, 4) is 28.3 Å². The van der Waals surface area contributed by atoms with Gasteiger partial charge in [0, 0.05) is 53.9 Å². The maximum absolute atomic E-state index is 13.7. The Morgan fingerprint density at radius 3 is 2.52 bits per heavy atom. The number of halogens is 5. The number of nitrogens with one attached hydrogen (secondary N) is 2. The van der Waals surface area contributed by atoms with E-state index in [-0.39, 0.29) is 39.9 Å². The van der Waals surface area contributed by atoms with Gasteiger partial charge in [0.05, 0.1) is 52.8 Å². The molecule has 6 rings (SSSR count). The second-order valence-corrected chi connectivity index (χ2v) is 11.9. The zero-order valence-electron chi connectivity index (χ0n) is 25.6. The van der Waals surface area contributed by atoms with Crippen molar-refractivity contribution < 1.29 is 27.8 Å². The standard InChI is InChI=1S/C33H29Cl2F3N6O4/c1-44-32(46)27-18(15-40-44)13-26(33(36,37)38)43-30(27)41-24-8-4-6-20(29(24)35)19-5-3-7-21(28(19)34)22-10-9-17(31(42-22)47-2)14-39-23-11-12-48-16-25(23)45/h3-10,13,15,23,25,39,45H,11-12,14,16H2,1-2H3,(H,41,43)/t23-,25-/m1/s1. The van der Waals surface area contributed by atoms with Crippen LogP contribution in [0.15, 0.2) is 65.6 Å². The van der Waals surface area contributed by atoms with Crippen LogP contribution in [0, 0.1) is 0 Å². The average molecular weight is 702 g/mol. The van der Waals surface area contributed by atoms with Crippen LogP contribution in [-0.4, -0.2) is 57.3 Å². The van der Waals surface area contributed by atoms with E-state index in [1.54, 1.807) is 36.4 Å². The van der Waals surface area contributed by atoms with Gasteiger partial charge in [0.2, 0.25) is 5.88 Å². The molecule has 250 valence electrons. The van der Waals surface area contributed by atoms with Crippen LogP contribution < -0.4 is 20.9 Å². The van der Waals surface area contributed by atoms with Gasteiger partial charge in [0.25, 0.3) is 5.56 Å². The molecule has 48 heavy (non-hydrogen) atoms. The lowest BCUT2D eigenvalue weighted by Gasteiger charge is -2.28. The van der Waals surface area contributed by atoms with E-state index in [4.69, 9.17) is 37.7 Å². The van der Waals surface area contributed by atoms with Gasteiger partial charge in [-0.2, -0.15) is 18.3 Å². The van der Waals surface area contributed by atoms with E-state index in [1.807, 2.05) is 12.1 Å². The first-order valence-corrected chi connectivity index (χ1v) is 15.5. The van der Waals surface area contributed by atoms with Gasteiger partial charge >= 0.3 is 6.18 Å². The van der Waals surface area contributed by atoms with E-state index in [0.29, 0.717) is 52.9 Å². The molecule has 15 heteroatoms. The third-order valence-electron chi connectivity index (χ3n) is 8.05. The Morgan fingerprint density at radius 2 is 1.79 bits per heavy atom. The molecule has 0 saturated carbocycles. The first-order chi connectivity index (χ1) is 23.0. The fraction of sp³-hybridized carbons (Fsp3) is 0.273. The number of fused-ring (bicyclic) bond motifs is 1. The first-order valence-electron chi connectivity index (χ1n) is 14.8. The molecular weight excluding hydrogens is 672 g/mol. The molecule has 0 amide bonds. The molecule has 0 aliphatic carbocycles. The summed E-state index contributed by atoms with van der Waals surface area (Å²) in [6.45, 7) is 1.26. The number of nitrogens with zero attached hydrogens (tertiary/aromatic N) is 4. The number of aliphatic hydroxyl groups is 1. The quantitative estimate of drug-likeness (QED) is 0.169. The molecule has 1 fully saturated rings. The molecule has 10 nitrogen and oxygen atoms in total. The van der Waals surface area contributed by atoms with E-state index in [2.05, 4.69) is 20.7 Å². The van der Waals surface area contributed by atoms with Crippen LogP contribution in [0.4, 0.5) is 24.7 Å². The minimum atomic E-state index is -4.77. The second kappa shape index (κ2) is 13.7. The predicted molar refractivity (Wildman–Crippen MR) is 177 cm³/mol. The van der Waals surface area contributed by atoms with Crippen LogP contribution in [0.2, 0.25) is 10.0 Å². The Morgan fingerprint density at radius 1 is 1.06 bits per heavy atom. The van der Waals surface area contributed by atoms with Gasteiger partial charge in [-0.1, -0.05) is 59.6 Å². The highest BCUT2D eigenvalue weighted by atomic mass is 35.5. The van der Waals surface area contributed by atoms with Crippen molar-refractivity contribution in [2.75, 3.05) is 25.6 Å². The Bertz CT molecular complexity index is 2060. The number of anilines is 2. The number of methoxy groups -OCH3 is 1. The summed E-state index contributed by atoms with van der Waals surface area (Å²) >= 11 is 13.8. The van der Waals surface area contributed by atoms with Gasteiger partial charge in [0.15, 0.2) is 0 Å². The van der Waals surface area contributed by atoms with Crippen molar-refractivity contribution in [1.82, 2.24) is 25.1 Å². The topological polar surface area (TPSA) is 123 Å². The molecule has 1 aliphatic rings. The molecule has 0 bridgehead atoms. The Labute approximate surface area is 282 Å². The zero-order chi connectivity index (χ0) is 34.2. The maximum Gasteiger partial charge on any atom is 0.433 e. The third kappa shape index (κ3) is 6.69. The number of pyridine rings is 2. The number of hydrogen-bond acceptors (Lipinski definition) is 9. The lowest BCUT2D eigenvalue weighted by atomic mass is 10.00. The van der Waals surface area contributed by atoms with Crippen molar-refractivity contribution in [3.63, 3.8) is 0 Å². The van der Waals surface area contributed by atoms with E-state index in [9.17, 15) is 23.1 Å². The highest BCUT2D eigenvalue weighted by molar-refractivity contribution is 6.39. The van der Waals surface area contributed by atoms with Gasteiger partial charge in [0.1, 0.15) is 11.5 Å². The minimum absolute atomic E-state index is 0.0307. The lowest BCUT2D eigenvalue weighted by molar-refractivity contribution is -0.140. The highest BCUT2D eigenvalue weighted by Crippen LogP contribution is 2.42. The number of aliphatic hydroxyl groups excluding tert-OH is 1. The summed E-state index contributed by atoms with van der Waals surface area (Å²) in [7, 11) is 2.91. The molecule has 1 aliphatic heterocycles. The number of rotatable bonds is 8. The fourth-order valence-electron chi connectivity index (χ4n) is 5.52. The van der Waals surface area contributed by atoms with Crippen LogP contribution in [0.25, 0.3) is 33.2 Å². The summed E-state index contributed by atoms with van der Waals surface area (Å²) < 4.78 is 53.1. The van der Waals surface area contributed by atoms with Crippen LogP contribution in [-0.2, 0) is 24.5 Å². The summed E-state index contributed by atoms with van der Waals surface area (Å²) in [4.78, 5) is 21.4. The SMILES string of the molecule is COc1nc(-c2cccc(-c3cccc(Nc4nc(C(F)(F)F)cc5cnn(C)c(=O)c45)c3Cl)c2Cl)ccc1CN[C@@H]1CCOC[C@H]1O.